The largest absolute Gasteiger partial charge is 0.0928 e. The average Bonchev–Trinajstić information content (AvgIpc) is 1.68. The lowest BCUT2D eigenvalue weighted by atomic mass is 10.6. The van der Waals surface area contributed by atoms with Gasteiger partial charge in [0.25, 0.3) is 0 Å². The first-order chi connectivity index (χ1) is 3.12. The SMILES string of the molecule is [2H]C([2H])(CBr)CBr. The van der Waals surface area contributed by atoms with E-state index in [4.69, 9.17) is 2.74 Å². The Bertz CT molecular complexity index is 48.9. The van der Waals surface area contributed by atoms with Crippen molar-refractivity contribution < 1.29 is 2.74 Å². The third-order valence-electron chi connectivity index (χ3n) is 0.189. The highest BCUT2D eigenvalue weighted by atomic mass is 79.9. The highest BCUT2D eigenvalue weighted by Gasteiger charge is 1.71. The second-order valence-corrected chi connectivity index (χ2v) is 1.64. The minimum absolute atomic E-state index is 0.394. The van der Waals surface area contributed by atoms with Crippen LogP contribution in [0.15, 0.2) is 0 Å². The van der Waals surface area contributed by atoms with Gasteiger partial charge in [-0.3, -0.25) is 0 Å². The van der Waals surface area contributed by atoms with Gasteiger partial charge in [0, 0.05) is 13.4 Å². The van der Waals surface area contributed by atoms with Gasteiger partial charge in [0.05, 0.1) is 0 Å². The van der Waals surface area contributed by atoms with Crippen LogP contribution in [0.25, 0.3) is 0 Å². The number of hydrogen-bond donors (Lipinski definition) is 0. The molecule has 0 N–H and O–H groups in total. The van der Waals surface area contributed by atoms with Crippen LogP contribution in [0.4, 0.5) is 0 Å². The van der Waals surface area contributed by atoms with E-state index in [1.165, 1.54) is 0 Å². The van der Waals surface area contributed by atoms with Gasteiger partial charge >= 0.3 is 0 Å². The fourth-order valence-electron chi connectivity index (χ4n) is 0.0357. The standard InChI is InChI=1S/C3H6Br2/c4-2-1-3-5/h1-3H2/i1D2. The summed E-state index contributed by atoms with van der Waals surface area (Å²) in [6, 6.07) is 0. The summed E-state index contributed by atoms with van der Waals surface area (Å²) in [6.07, 6.45) is -1.08. The van der Waals surface area contributed by atoms with Gasteiger partial charge < -0.3 is 0 Å². The molecule has 0 aromatic carbocycles. The predicted octanol–water partition coefficient (Wildman–Crippen LogP) is 2.17. The lowest BCUT2D eigenvalue weighted by Gasteiger charge is -1.76. The van der Waals surface area contributed by atoms with Crippen molar-refractivity contribution in [3.8, 4) is 0 Å². The molecular formula is C3H6Br2. The second kappa shape index (κ2) is 4.96. The van der Waals surface area contributed by atoms with Gasteiger partial charge in [0.2, 0.25) is 0 Å². The number of rotatable bonds is 2. The molecule has 0 saturated carbocycles. The molecule has 32 valence electrons. The van der Waals surface area contributed by atoms with E-state index in [0.717, 1.165) is 0 Å². The average molecular weight is 204 g/mol. The summed E-state index contributed by atoms with van der Waals surface area (Å²) in [6.45, 7) is 0. The lowest BCUT2D eigenvalue weighted by molar-refractivity contribution is 1.15. The fourth-order valence-corrected chi connectivity index (χ4v) is 0.964. The van der Waals surface area contributed by atoms with Crippen LogP contribution >= 0.6 is 31.9 Å². The Labute approximate surface area is 52.0 Å². The summed E-state index contributed by atoms with van der Waals surface area (Å²) in [5, 5.41) is 0.788. The highest BCUT2D eigenvalue weighted by Crippen LogP contribution is 1.90. The molecular weight excluding hydrogens is 196 g/mol. The molecule has 0 fully saturated rings. The highest BCUT2D eigenvalue weighted by molar-refractivity contribution is 9.09. The molecule has 0 spiro atoms. The van der Waals surface area contributed by atoms with Gasteiger partial charge in [0.15, 0.2) is 0 Å². The van der Waals surface area contributed by atoms with Crippen LogP contribution in [0.1, 0.15) is 9.11 Å². The molecule has 0 bridgehead atoms. The molecule has 0 aliphatic rings. The zero-order valence-corrected chi connectivity index (χ0v) is 5.84. The number of halogens is 2. The van der Waals surface area contributed by atoms with Crippen LogP contribution in [0.2, 0.25) is 0 Å². The van der Waals surface area contributed by atoms with Crippen LogP contribution in [0.3, 0.4) is 0 Å². The lowest BCUT2D eigenvalue weighted by Crippen LogP contribution is -1.69. The minimum Gasteiger partial charge on any atom is -0.0928 e. The number of hydrogen-bond acceptors (Lipinski definition) is 0. The zero-order chi connectivity index (χ0) is 5.91. The first-order valence-corrected chi connectivity index (χ1v) is 3.48. The molecule has 0 aromatic rings. The van der Waals surface area contributed by atoms with E-state index < -0.39 is 6.37 Å². The summed E-state index contributed by atoms with van der Waals surface area (Å²) in [4.78, 5) is 0. The molecule has 0 heterocycles. The Morgan fingerprint density at radius 1 is 1.40 bits per heavy atom. The minimum atomic E-state index is -1.08. The Morgan fingerprint density at radius 3 is 1.80 bits per heavy atom. The summed E-state index contributed by atoms with van der Waals surface area (Å²) < 4.78 is 14.0. The van der Waals surface area contributed by atoms with Crippen LogP contribution in [0, 0.1) is 0 Å². The van der Waals surface area contributed by atoms with Gasteiger partial charge in [-0.05, 0) is 6.37 Å². The van der Waals surface area contributed by atoms with Gasteiger partial charge in [0.1, 0.15) is 0 Å². The maximum atomic E-state index is 7.00. The quantitative estimate of drug-likeness (QED) is 0.604. The van der Waals surface area contributed by atoms with Gasteiger partial charge in [-0.2, -0.15) is 0 Å². The molecule has 0 amide bonds. The van der Waals surface area contributed by atoms with Crippen LogP contribution in [0.5, 0.6) is 0 Å². The molecule has 0 aliphatic carbocycles. The molecule has 5 heavy (non-hydrogen) atoms. The fraction of sp³-hybridized carbons (Fsp3) is 1.00. The van der Waals surface area contributed by atoms with Crippen molar-refractivity contribution in [2.75, 3.05) is 10.7 Å². The van der Waals surface area contributed by atoms with Crippen molar-refractivity contribution in [3.63, 3.8) is 0 Å². The number of alkyl halides is 2. The van der Waals surface area contributed by atoms with Crippen molar-refractivity contribution in [2.24, 2.45) is 0 Å². The molecule has 2 heteroatoms. The predicted molar refractivity (Wildman–Crippen MR) is 32.2 cm³/mol. The van der Waals surface area contributed by atoms with E-state index in [2.05, 4.69) is 31.9 Å². The Morgan fingerprint density at radius 2 is 1.80 bits per heavy atom. The molecule has 0 aliphatic heterocycles. The van der Waals surface area contributed by atoms with Crippen LogP contribution < -0.4 is 0 Å². The van der Waals surface area contributed by atoms with Crippen LogP contribution in [-0.4, -0.2) is 10.7 Å². The Kier molecular flexibility index (Phi) is 3.00. The smallest absolute Gasteiger partial charge is 0.0284 e. The topological polar surface area (TPSA) is 0 Å². The molecule has 0 radical (unpaired) electrons. The van der Waals surface area contributed by atoms with Gasteiger partial charge in [-0.25, -0.2) is 0 Å². The summed E-state index contributed by atoms with van der Waals surface area (Å²) in [5.41, 5.74) is 0. The summed E-state index contributed by atoms with van der Waals surface area (Å²) in [7, 11) is 0. The molecule has 0 rings (SSSR count). The second-order valence-electron chi connectivity index (χ2n) is 0.517. The molecule has 0 aromatic heterocycles. The van der Waals surface area contributed by atoms with Crippen LogP contribution in [-0.2, 0) is 0 Å². The Balaban J connectivity index is 3.36. The first kappa shape index (κ1) is 3.03. The van der Waals surface area contributed by atoms with E-state index in [0.29, 0.717) is 10.7 Å². The van der Waals surface area contributed by atoms with Crippen molar-refractivity contribution >= 4 is 31.9 Å². The first-order valence-electron chi connectivity index (χ1n) is 2.24. The monoisotopic (exact) mass is 202 g/mol. The van der Waals surface area contributed by atoms with E-state index in [9.17, 15) is 0 Å². The molecule has 0 unspecified atom stereocenters. The van der Waals surface area contributed by atoms with Gasteiger partial charge in [-0.15, -0.1) is 0 Å². The third-order valence-corrected chi connectivity index (χ3v) is 0.982. The van der Waals surface area contributed by atoms with E-state index in [1.54, 1.807) is 0 Å². The van der Waals surface area contributed by atoms with E-state index in [1.807, 2.05) is 0 Å². The molecule has 0 saturated heterocycles. The zero-order valence-electron chi connectivity index (χ0n) is 4.67. The maximum absolute atomic E-state index is 7.00. The summed E-state index contributed by atoms with van der Waals surface area (Å²) in [5.74, 6) is 0. The Hall–Kier alpha value is 0.960. The van der Waals surface area contributed by atoms with Crippen molar-refractivity contribution in [1.29, 1.82) is 0 Å². The molecule has 0 atom stereocenters. The van der Waals surface area contributed by atoms with E-state index >= 15 is 0 Å². The normalized spacial score (nSPS) is 17.2. The van der Waals surface area contributed by atoms with Crippen molar-refractivity contribution in [1.82, 2.24) is 0 Å². The maximum Gasteiger partial charge on any atom is 0.0284 e. The van der Waals surface area contributed by atoms with Crippen molar-refractivity contribution in [3.05, 3.63) is 0 Å². The summed E-state index contributed by atoms with van der Waals surface area (Å²) >= 11 is 6.05. The van der Waals surface area contributed by atoms with Gasteiger partial charge in [-0.1, -0.05) is 31.9 Å². The third kappa shape index (κ3) is 4.96. The molecule has 0 nitrogen and oxygen atoms in total. The van der Waals surface area contributed by atoms with Crippen molar-refractivity contribution in [2.45, 2.75) is 6.37 Å². The van der Waals surface area contributed by atoms with E-state index in [-0.39, 0.29) is 0 Å².